The first-order chi connectivity index (χ1) is 14.3. The predicted octanol–water partition coefficient (Wildman–Crippen LogP) is 1.83. The summed E-state index contributed by atoms with van der Waals surface area (Å²) in [6.45, 7) is 3.61. The van der Waals surface area contributed by atoms with E-state index in [1.807, 2.05) is 0 Å². The third-order valence-electron chi connectivity index (χ3n) is 5.34. The maximum absolute atomic E-state index is 12.9. The van der Waals surface area contributed by atoms with Crippen molar-refractivity contribution in [3.05, 3.63) is 28.3 Å². The van der Waals surface area contributed by atoms with Crippen molar-refractivity contribution >= 4 is 27.5 Å². The Hall–Kier alpha value is -2.12. The zero-order valence-corrected chi connectivity index (χ0v) is 18.7. The number of carbonyl (C=O) groups excluding carboxylic acids is 1. The fraction of sp³-hybridized carbons (Fsp3) is 0.588. The summed E-state index contributed by atoms with van der Waals surface area (Å²) >= 11 is 5.72. The molecule has 1 aliphatic rings. The molecule has 172 valence electrons. The highest BCUT2D eigenvalue weighted by Gasteiger charge is 2.38. The van der Waals surface area contributed by atoms with Crippen molar-refractivity contribution in [1.29, 1.82) is 0 Å². The number of amides is 1. The maximum Gasteiger partial charge on any atom is 0.436 e. The van der Waals surface area contributed by atoms with E-state index in [1.54, 1.807) is 14.0 Å². The molecule has 0 aromatic carbocycles. The van der Waals surface area contributed by atoms with Crippen LogP contribution >= 0.6 is 11.6 Å². The summed E-state index contributed by atoms with van der Waals surface area (Å²) in [5.74, 6) is -0.297. The molecule has 0 radical (unpaired) electrons. The number of hydrogen-bond acceptors (Lipinski definition) is 5. The number of aromatic nitrogens is 4. The zero-order chi connectivity index (χ0) is 23.1. The summed E-state index contributed by atoms with van der Waals surface area (Å²) in [6, 6.07) is 0. The highest BCUT2D eigenvalue weighted by molar-refractivity contribution is 7.89. The second-order valence-electron chi connectivity index (χ2n) is 7.22. The molecule has 9 nitrogen and oxygen atoms in total. The number of hydrogen-bond donors (Lipinski definition) is 0. The van der Waals surface area contributed by atoms with E-state index in [2.05, 4.69) is 10.2 Å². The number of carbonyl (C=O) groups is 1. The van der Waals surface area contributed by atoms with Gasteiger partial charge in [-0.2, -0.15) is 27.7 Å². The van der Waals surface area contributed by atoms with Crippen LogP contribution < -0.4 is 0 Å². The van der Waals surface area contributed by atoms with Gasteiger partial charge in [0, 0.05) is 39.6 Å². The van der Waals surface area contributed by atoms with Gasteiger partial charge in [-0.3, -0.25) is 14.2 Å². The van der Waals surface area contributed by atoms with Gasteiger partial charge in [-0.1, -0.05) is 11.6 Å². The normalized spacial score (nSPS) is 16.2. The molecule has 2 aromatic heterocycles. The molecular formula is C17H22ClF3N6O3S. The van der Waals surface area contributed by atoms with E-state index in [1.165, 1.54) is 27.0 Å². The van der Waals surface area contributed by atoms with Crippen LogP contribution in [0.5, 0.6) is 0 Å². The lowest BCUT2D eigenvalue weighted by Crippen LogP contribution is -2.50. The summed E-state index contributed by atoms with van der Waals surface area (Å²) in [5.41, 5.74) is -0.529. The Bertz CT molecular complexity index is 1090. The van der Waals surface area contributed by atoms with Crippen molar-refractivity contribution in [1.82, 2.24) is 28.8 Å². The van der Waals surface area contributed by atoms with Gasteiger partial charge in [0.05, 0.1) is 29.2 Å². The Labute approximate surface area is 182 Å². The van der Waals surface area contributed by atoms with E-state index < -0.39 is 26.9 Å². The molecule has 1 amide bonds. The smallest absolute Gasteiger partial charge is 0.340 e. The van der Waals surface area contributed by atoms with Gasteiger partial charge in [0.1, 0.15) is 4.90 Å². The molecule has 0 spiro atoms. The van der Waals surface area contributed by atoms with E-state index in [4.69, 9.17) is 11.6 Å². The molecule has 31 heavy (non-hydrogen) atoms. The van der Waals surface area contributed by atoms with Crippen LogP contribution in [0.15, 0.2) is 11.1 Å². The summed E-state index contributed by atoms with van der Waals surface area (Å²) in [5, 5.41) is 6.96. The lowest BCUT2D eigenvalue weighted by molar-refractivity contribution is -0.141. The molecule has 0 saturated carbocycles. The van der Waals surface area contributed by atoms with Gasteiger partial charge in [-0.15, -0.1) is 0 Å². The molecule has 14 heteroatoms. The summed E-state index contributed by atoms with van der Waals surface area (Å²) in [6.07, 6.45) is -3.45. The summed E-state index contributed by atoms with van der Waals surface area (Å²) in [7, 11) is -2.07. The van der Waals surface area contributed by atoms with Gasteiger partial charge in [0.25, 0.3) is 0 Å². The lowest BCUT2D eigenvalue weighted by atomic mass is 10.3. The Balaban J connectivity index is 1.60. The van der Waals surface area contributed by atoms with Gasteiger partial charge in [-0.25, -0.2) is 8.42 Å². The molecule has 0 bridgehead atoms. The van der Waals surface area contributed by atoms with Crippen molar-refractivity contribution in [3.8, 4) is 0 Å². The second kappa shape index (κ2) is 8.43. The van der Waals surface area contributed by atoms with Crippen molar-refractivity contribution in [2.24, 2.45) is 7.05 Å². The first kappa shape index (κ1) is 23.5. The fourth-order valence-electron chi connectivity index (χ4n) is 3.33. The van der Waals surface area contributed by atoms with Crippen molar-refractivity contribution in [2.45, 2.75) is 37.9 Å². The molecular weight excluding hydrogens is 461 g/mol. The zero-order valence-electron chi connectivity index (χ0n) is 17.1. The molecule has 2 aromatic rings. The second-order valence-corrected chi connectivity index (χ2v) is 9.51. The maximum atomic E-state index is 12.9. The first-order valence-corrected chi connectivity index (χ1v) is 11.2. The molecule has 0 aliphatic carbocycles. The standard InChI is InChI=1S/C17H22ClF3N6O3S/c1-11-13(10-22-24(11)3)31(29,30)26-8-6-25(7-9-26)14(28)4-5-27-12(2)15(18)16(23-27)17(19,20)21/h10H,4-9H2,1-3H3. The molecule has 0 N–H and O–H groups in total. The topological polar surface area (TPSA) is 93.3 Å². The number of piperazine rings is 1. The lowest BCUT2D eigenvalue weighted by Gasteiger charge is -2.34. The van der Waals surface area contributed by atoms with Gasteiger partial charge < -0.3 is 4.90 Å². The van der Waals surface area contributed by atoms with E-state index in [0.717, 1.165) is 4.68 Å². The number of nitrogens with zero attached hydrogens (tertiary/aromatic N) is 6. The Kier molecular flexibility index (Phi) is 6.40. The van der Waals surface area contributed by atoms with E-state index in [-0.39, 0.29) is 55.6 Å². The highest BCUT2D eigenvalue weighted by atomic mass is 35.5. The van der Waals surface area contributed by atoms with Crippen LogP contribution in [-0.4, -0.2) is 69.3 Å². The fourth-order valence-corrected chi connectivity index (χ4v) is 5.18. The quantitative estimate of drug-likeness (QED) is 0.648. The van der Waals surface area contributed by atoms with Gasteiger partial charge in [-0.05, 0) is 13.8 Å². The van der Waals surface area contributed by atoms with Gasteiger partial charge >= 0.3 is 6.18 Å². The van der Waals surface area contributed by atoms with Crippen LogP contribution in [0.3, 0.4) is 0 Å². The predicted molar refractivity (Wildman–Crippen MR) is 105 cm³/mol. The van der Waals surface area contributed by atoms with Crippen LogP contribution in [0.25, 0.3) is 0 Å². The minimum absolute atomic E-state index is 0.0616. The number of rotatable bonds is 5. The third kappa shape index (κ3) is 4.58. The largest absolute Gasteiger partial charge is 0.436 e. The van der Waals surface area contributed by atoms with E-state index in [9.17, 15) is 26.4 Å². The van der Waals surface area contributed by atoms with E-state index >= 15 is 0 Å². The van der Waals surface area contributed by atoms with Crippen LogP contribution in [0.1, 0.15) is 23.5 Å². The van der Waals surface area contributed by atoms with Crippen LogP contribution in [0.2, 0.25) is 5.02 Å². The minimum atomic E-state index is -4.68. The number of alkyl halides is 3. The summed E-state index contributed by atoms with van der Waals surface area (Å²) < 4.78 is 68.2. The summed E-state index contributed by atoms with van der Waals surface area (Å²) in [4.78, 5) is 14.1. The number of aryl methyl sites for hydroxylation is 2. The first-order valence-electron chi connectivity index (χ1n) is 9.40. The van der Waals surface area contributed by atoms with Crippen molar-refractivity contribution in [3.63, 3.8) is 0 Å². The van der Waals surface area contributed by atoms with E-state index in [0.29, 0.717) is 5.69 Å². The molecule has 1 fully saturated rings. The number of sulfonamides is 1. The van der Waals surface area contributed by atoms with Crippen molar-refractivity contribution < 1.29 is 26.4 Å². The number of halogens is 4. The molecule has 1 saturated heterocycles. The molecule has 0 atom stereocenters. The van der Waals surface area contributed by atoms with Gasteiger partial charge in [0.2, 0.25) is 15.9 Å². The Morgan fingerprint density at radius 2 is 1.77 bits per heavy atom. The minimum Gasteiger partial charge on any atom is -0.340 e. The highest BCUT2D eigenvalue weighted by Crippen LogP contribution is 2.35. The van der Waals surface area contributed by atoms with Crippen LogP contribution in [0, 0.1) is 13.8 Å². The average Bonchev–Trinajstić information content (AvgIpc) is 3.19. The Morgan fingerprint density at radius 1 is 1.16 bits per heavy atom. The molecule has 0 unspecified atom stereocenters. The Morgan fingerprint density at radius 3 is 2.26 bits per heavy atom. The monoisotopic (exact) mass is 482 g/mol. The molecule has 3 rings (SSSR count). The average molecular weight is 483 g/mol. The van der Waals surface area contributed by atoms with Crippen LogP contribution in [0.4, 0.5) is 13.2 Å². The molecule has 3 heterocycles. The van der Waals surface area contributed by atoms with Gasteiger partial charge in [0.15, 0.2) is 5.69 Å². The SMILES string of the molecule is Cc1c(S(=O)(=O)N2CCN(C(=O)CCn3nc(C(F)(F)F)c(Cl)c3C)CC2)cnn1C. The molecule has 1 aliphatic heterocycles. The van der Waals surface area contributed by atoms with Crippen molar-refractivity contribution in [2.75, 3.05) is 26.2 Å². The third-order valence-corrected chi connectivity index (χ3v) is 7.79. The van der Waals surface area contributed by atoms with Crippen LogP contribution in [-0.2, 0) is 34.6 Å².